The van der Waals surface area contributed by atoms with Crippen LogP contribution in [0.15, 0.2) is 0 Å². The molecule has 0 bridgehead atoms. The normalized spacial score (nSPS) is 13.9. The van der Waals surface area contributed by atoms with Gasteiger partial charge in [-0.05, 0) is 25.2 Å². The lowest BCUT2D eigenvalue weighted by Gasteiger charge is -2.19. The number of nitrogens with one attached hydrogen (secondary N) is 2. The van der Waals surface area contributed by atoms with Crippen molar-refractivity contribution in [2.45, 2.75) is 39.7 Å². The molecule has 2 atom stereocenters. The van der Waals surface area contributed by atoms with Crippen LogP contribution in [0.5, 0.6) is 0 Å². The zero-order chi connectivity index (χ0) is 14.8. The van der Waals surface area contributed by atoms with Crippen molar-refractivity contribution < 1.29 is 19.4 Å². The van der Waals surface area contributed by atoms with Crippen molar-refractivity contribution in [2.75, 3.05) is 20.3 Å². The van der Waals surface area contributed by atoms with Gasteiger partial charge in [0.1, 0.15) is 0 Å². The summed E-state index contributed by atoms with van der Waals surface area (Å²) in [6, 6.07) is -0.364. The molecule has 0 aliphatic carbocycles. The summed E-state index contributed by atoms with van der Waals surface area (Å²) in [5.74, 6) is -0.469. The Morgan fingerprint density at radius 1 is 1.26 bits per heavy atom. The lowest BCUT2D eigenvalue weighted by molar-refractivity contribution is -0.138. The highest BCUT2D eigenvalue weighted by Crippen LogP contribution is 2.14. The summed E-state index contributed by atoms with van der Waals surface area (Å²) in [6.07, 6.45) is 0.853. The first-order valence-corrected chi connectivity index (χ1v) is 6.60. The van der Waals surface area contributed by atoms with Crippen LogP contribution in [0, 0.1) is 11.8 Å². The van der Waals surface area contributed by atoms with E-state index in [9.17, 15) is 9.59 Å². The fourth-order valence-corrected chi connectivity index (χ4v) is 1.96. The number of methoxy groups -OCH3 is 1. The van der Waals surface area contributed by atoms with Crippen LogP contribution in [0.2, 0.25) is 0 Å². The SMILES string of the molecule is COCC(C)NC(=O)NC[C@H](CC(=O)O)CC(C)C. The first-order chi connectivity index (χ1) is 8.85. The van der Waals surface area contributed by atoms with Gasteiger partial charge in [0, 0.05) is 20.1 Å². The van der Waals surface area contributed by atoms with Crippen molar-refractivity contribution in [1.29, 1.82) is 0 Å². The van der Waals surface area contributed by atoms with E-state index in [1.54, 1.807) is 7.11 Å². The molecule has 0 heterocycles. The number of carboxylic acids is 1. The predicted molar refractivity (Wildman–Crippen MR) is 73.1 cm³/mol. The van der Waals surface area contributed by atoms with Crippen LogP contribution in [-0.2, 0) is 9.53 Å². The molecule has 6 heteroatoms. The first kappa shape index (κ1) is 17.7. The summed E-state index contributed by atoms with van der Waals surface area (Å²) in [7, 11) is 1.57. The van der Waals surface area contributed by atoms with Crippen molar-refractivity contribution in [3.05, 3.63) is 0 Å². The molecule has 0 spiro atoms. The monoisotopic (exact) mass is 274 g/mol. The van der Waals surface area contributed by atoms with E-state index in [2.05, 4.69) is 10.6 Å². The summed E-state index contributed by atoms with van der Waals surface area (Å²) in [5.41, 5.74) is 0. The van der Waals surface area contributed by atoms with Gasteiger partial charge < -0.3 is 20.5 Å². The number of carboxylic acid groups (broad SMARTS) is 1. The topological polar surface area (TPSA) is 87.7 Å². The Morgan fingerprint density at radius 3 is 2.37 bits per heavy atom. The molecule has 1 unspecified atom stereocenters. The number of carbonyl (C=O) groups is 2. The van der Waals surface area contributed by atoms with E-state index in [-0.39, 0.29) is 24.4 Å². The van der Waals surface area contributed by atoms with Gasteiger partial charge in [-0.15, -0.1) is 0 Å². The van der Waals surface area contributed by atoms with E-state index < -0.39 is 5.97 Å². The van der Waals surface area contributed by atoms with Gasteiger partial charge in [-0.2, -0.15) is 0 Å². The van der Waals surface area contributed by atoms with E-state index in [4.69, 9.17) is 9.84 Å². The Morgan fingerprint density at radius 2 is 1.89 bits per heavy atom. The number of amides is 2. The number of carbonyl (C=O) groups excluding carboxylic acids is 1. The molecule has 0 aromatic carbocycles. The Balaban J connectivity index is 4.08. The minimum atomic E-state index is -0.833. The summed E-state index contributed by atoms with van der Waals surface area (Å²) in [4.78, 5) is 22.3. The molecule has 0 aromatic rings. The molecular formula is C13H26N2O4. The third-order valence-electron chi connectivity index (χ3n) is 2.61. The third-order valence-corrected chi connectivity index (χ3v) is 2.61. The molecule has 0 saturated carbocycles. The molecule has 3 N–H and O–H groups in total. The van der Waals surface area contributed by atoms with E-state index >= 15 is 0 Å². The number of urea groups is 1. The zero-order valence-corrected chi connectivity index (χ0v) is 12.2. The minimum absolute atomic E-state index is 0.0408. The standard InChI is InChI=1S/C13H26N2O4/c1-9(2)5-11(6-12(16)17)7-14-13(18)15-10(3)8-19-4/h9-11H,5-8H2,1-4H3,(H,16,17)(H2,14,15,18)/t10?,11-/m0/s1. The van der Waals surface area contributed by atoms with Gasteiger partial charge in [-0.25, -0.2) is 4.79 Å². The Bertz CT molecular complexity index is 282. The van der Waals surface area contributed by atoms with Gasteiger partial charge in [0.15, 0.2) is 0 Å². The highest BCUT2D eigenvalue weighted by molar-refractivity contribution is 5.74. The van der Waals surface area contributed by atoms with Crippen molar-refractivity contribution in [3.63, 3.8) is 0 Å². The van der Waals surface area contributed by atoms with Crippen LogP contribution in [0.4, 0.5) is 4.79 Å². The first-order valence-electron chi connectivity index (χ1n) is 6.60. The molecule has 0 aliphatic rings. The molecule has 6 nitrogen and oxygen atoms in total. The van der Waals surface area contributed by atoms with Crippen LogP contribution in [0.1, 0.15) is 33.6 Å². The predicted octanol–water partition coefficient (Wildman–Crippen LogP) is 1.46. The van der Waals surface area contributed by atoms with E-state index in [0.717, 1.165) is 6.42 Å². The van der Waals surface area contributed by atoms with E-state index in [1.807, 2.05) is 20.8 Å². The average molecular weight is 274 g/mol. The summed E-state index contributed by atoms with van der Waals surface area (Å²) in [5, 5.41) is 14.3. The quantitative estimate of drug-likeness (QED) is 0.594. The van der Waals surface area contributed by atoms with Crippen LogP contribution in [0.25, 0.3) is 0 Å². The fourth-order valence-electron chi connectivity index (χ4n) is 1.96. The van der Waals surface area contributed by atoms with Crippen LogP contribution in [0.3, 0.4) is 0 Å². The molecule has 0 rings (SSSR count). The van der Waals surface area contributed by atoms with Gasteiger partial charge >= 0.3 is 12.0 Å². The van der Waals surface area contributed by atoms with Crippen molar-refractivity contribution >= 4 is 12.0 Å². The Hall–Kier alpha value is -1.30. The number of rotatable bonds is 9. The summed E-state index contributed by atoms with van der Waals surface area (Å²) >= 11 is 0. The average Bonchev–Trinajstić information content (AvgIpc) is 2.24. The second-order valence-electron chi connectivity index (χ2n) is 5.30. The van der Waals surface area contributed by atoms with Gasteiger partial charge in [-0.1, -0.05) is 13.8 Å². The van der Waals surface area contributed by atoms with Crippen molar-refractivity contribution in [1.82, 2.24) is 10.6 Å². The highest BCUT2D eigenvalue weighted by atomic mass is 16.5. The van der Waals surface area contributed by atoms with Crippen LogP contribution >= 0.6 is 0 Å². The van der Waals surface area contributed by atoms with Crippen LogP contribution < -0.4 is 10.6 Å². The number of hydrogen-bond donors (Lipinski definition) is 3. The van der Waals surface area contributed by atoms with Gasteiger partial charge in [0.05, 0.1) is 12.6 Å². The molecule has 0 radical (unpaired) electrons. The Kier molecular flexibility index (Phi) is 8.95. The molecular weight excluding hydrogens is 248 g/mol. The third kappa shape index (κ3) is 10.3. The fraction of sp³-hybridized carbons (Fsp3) is 0.846. The van der Waals surface area contributed by atoms with E-state index in [0.29, 0.717) is 19.1 Å². The lowest BCUT2D eigenvalue weighted by atomic mass is 9.94. The molecule has 2 amide bonds. The second kappa shape index (κ2) is 9.61. The molecule has 0 fully saturated rings. The molecule has 0 aliphatic heterocycles. The zero-order valence-electron chi connectivity index (χ0n) is 12.2. The number of ether oxygens (including phenoxy) is 1. The molecule has 19 heavy (non-hydrogen) atoms. The number of hydrogen-bond acceptors (Lipinski definition) is 3. The van der Waals surface area contributed by atoms with Crippen molar-refractivity contribution in [2.24, 2.45) is 11.8 Å². The van der Waals surface area contributed by atoms with Crippen molar-refractivity contribution in [3.8, 4) is 0 Å². The van der Waals surface area contributed by atoms with Gasteiger partial charge in [0.25, 0.3) is 0 Å². The number of aliphatic carboxylic acids is 1. The maximum Gasteiger partial charge on any atom is 0.315 e. The Labute approximate surface area is 114 Å². The highest BCUT2D eigenvalue weighted by Gasteiger charge is 2.16. The smallest absolute Gasteiger partial charge is 0.315 e. The minimum Gasteiger partial charge on any atom is -0.481 e. The maximum absolute atomic E-state index is 11.6. The summed E-state index contributed by atoms with van der Waals surface area (Å²) in [6.45, 7) is 6.73. The van der Waals surface area contributed by atoms with Gasteiger partial charge in [-0.3, -0.25) is 4.79 Å². The largest absolute Gasteiger partial charge is 0.481 e. The molecule has 112 valence electrons. The lowest BCUT2D eigenvalue weighted by Crippen LogP contribution is -2.44. The summed E-state index contributed by atoms with van der Waals surface area (Å²) < 4.78 is 4.92. The maximum atomic E-state index is 11.6. The van der Waals surface area contributed by atoms with E-state index in [1.165, 1.54) is 0 Å². The van der Waals surface area contributed by atoms with Gasteiger partial charge in [0.2, 0.25) is 0 Å². The van der Waals surface area contributed by atoms with Crippen LogP contribution in [-0.4, -0.2) is 43.4 Å². The second-order valence-corrected chi connectivity index (χ2v) is 5.30. The molecule has 0 saturated heterocycles. The molecule has 0 aromatic heterocycles.